The molecule has 0 nitrogen and oxygen atoms in total. The highest BCUT2D eigenvalue weighted by Crippen LogP contribution is 2.60. The fraction of sp³-hybridized carbons (Fsp3) is 1.00. The van der Waals surface area contributed by atoms with Gasteiger partial charge in [0.2, 0.25) is 0 Å². The van der Waals surface area contributed by atoms with Crippen molar-refractivity contribution in [3.05, 3.63) is 0 Å². The first kappa shape index (κ1) is 18.7. The molecule has 0 N–H and O–H groups in total. The Morgan fingerprint density at radius 1 is 0.464 bits per heavy atom. The zero-order valence-electron chi connectivity index (χ0n) is 18.8. The maximum absolute atomic E-state index is 2.62. The van der Waals surface area contributed by atoms with Gasteiger partial charge in [0.15, 0.2) is 0 Å². The van der Waals surface area contributed by atoms with E-state index >= 15 is 0 Å². The average Bonchev–Trinajstić information content (AvgIpc) is 3.53. The van der Waals surface area contributed by atoms with Gasteiger partial charge in [0.05, 0.1) is 0 Å². The van der Waals surface area contributed by atoms with E-state index in [1.54, 1.807) is 83.5 Å². The summed E-state index contributed by atoms with van der Waals surface area (Å²) in [7, 11) is 0. The lowest BCUT2D eigenvalue weighted by Crippen LogP contribution is -2.28. The normalized spacial score (nSPS) is 56.4. The van der Waals surface area contributed by atoms with Crippen LogP contribution >= 0.6 is 0 Å². The molecule has 0 aliphatic heterocycles. The summed E-state index contributed by atoms with van der Waals surface area (Å²) in [6, 6.07) is 0. The van der Waals surface area contributed by atoms with Crippen LogP contribution in [0.4, 0.5) is 0 Å². The molecule has 0 aromatic rings. The molecule has 6 aliphatic carbocycles. The van der Waals surface area contributed by atoms with Gasteiger partial charge in [-0.3, -0.25) is 0 Å². The molecule has 0 heterocycles. The van der Waals surface area contributed by atoms with Crippen molar-refractivity contribution >= 4 is 0 Å². The van der Waals surface area contributed by atoms with E-state index in [-0.39, 0.29) is 0 Å². The number of hydrogen-bond acceptors (Lipinski definition) is 0. The van der Waals surface area contributed by atoms with Crippen LogP contribution in [0.1, 0.15) is 104 Å². The Morgan fingerprint density at radius 2 is 0.821 bits per heavy atom. The molecule has 0 spiro atoms. The zero-order chi connectivity index (χ0) is 18.8. The summed E-state index contributed by atoms with van der Waals surface area (Å²) >= 11 is 0. The van der Waals surface area contributed by atoms with Gasteiger partial charge < -0.3 is 0 Å². The molecule has 0 aromatic heterocycles. The molecule has 0 aromatic carbocycles. The largest absolute Gasteiger partial charge is 0.0651 e. The highest BCUT2D eigenvalue weighted by atomic mass is 14.6. The quantitative estimate of drug-likeness (QED) is 0.419. The second kappa shape index (κ2) is 7.30. The van der Waals surface area contributed by atoms with Crippen LogP contribution in [0.25, 0.3) is 0 Å². The Balaban J connectivity index is 1.08. The summed E-state index contributed by atoms with van der Waals surface area (Å²) in [5, 5.41) is 0. The van der Waals surface area contributed by atoms with Crippen molar-refractivity contribution in [1.82, 2.24) is 0 Å². The third-order valence-corrected chi connectivity index (χ3v) is 12.2. The summed E-state index contributed by atoms with van der Waals surface area (Å²) in [4.78, 5) is 0. The number of rotatable bonds is 7. The van der Waals surface area contributed by atoms with E-state index in [4.69, 9.17) is 0 Å². The third-order valence-electron chi connectivity index (χ3n) is 12.2. The summed E-state index contributed by atoms with van der Waals surface area (Å²) in [6.07, 6.45) is 22.3. The van der Waals surface area contributed by atoms with Crippen molar-refractivity contribution in [1.29, 1.82) is 0 Å². The Morgan fingerprint density at radius 3 is 1.29 bits per heavy atom. The molecule has 6 fully saturated rings. The van der Waals surface area contributed by atoms with Crippen molar-refractivity contribution in [2.24, 2.45) is 71.0 Å². The highest BCUT2D eigenvalue weighted by Gasteiger charge is 2.51. The van der Waals surface area contributed by atoms with Gasteiger partial charge in [0.25, 0.3) is 0 Å². The monoisotopic (exact) mass is 382 g/mol. The van der Waals surface area contributed by atoms with Crippen LogP contribution in [0, 0.1) is 71.0 Å². The minimum Gasteiger partial charge on any atom is -0.0651 e. The smallest absolute Gasteiger partial charge is 0.0355 e. The fourth-order valence-electron chi connectivity index (χ4n) is 11.0. The first-order chi connectivity index (χ1) is 13.7. The lowest BCUT2D eigenvalue weighted by atomic mass is 9.69. The van der Waals surface area contributed by atoms with Gasteiger partial charge >= 0.3 is 0 Å². The topological polar surface area (TPSA) is 0 Å². The molecule has 0 amide bonds. The van der Waals surface area contributed by atoms with Crippen molar-refractivity contribution in [3.8, 4) is 0 Å². The van der Waals surface area contributed by atoms with E-state index < -0.39 is 0 Å². The zero-order valence-corrected chi connectivity index (χ0v) is 18.8. The SMILES string of the molecule is CC[C@@H]1[C@@H]2CC[C@@H](C2)[C@@H]1CC[C@@H]1[C@@H]2CC[C@@H](C2)[C@@H]1CC[C@@H]1[C@@H]2CC[C@@H](C2)[C@@H]1C. The summed E-state index contributed by atoms with van der Waals surface area (Å²) < 4.78 is 0. The molecule has 0 saturated heterocycles. The van der Waals surface area contributed by atoms with Crippen molar-refractivity contribution in [2.75, 3.05) is 0 Å². The van der Waals surface area contributed by atoms with E-state index in [2.05, 4.69) is 13.8 Å². The maximum Gasteiger partial charge on any atom is -0.0355 e. The Labute approximate surface area is 175 Å². The van der Waals surface area contributed by atoms with Gasteiger partial charge in [-0.1, -0.05) is 20.3 Å². The Bertz CT molecular complexity index is 562. The molecule has 0 radical (unpaired) electrons. The molecule has 6 aliphatic rings. The minimum atomic E-state index is 1.06. The van der Waals surface area contributed by atoms with Gasteiger partial charge in [-0.05, 0) is 154 Å². The average molecular weight is 383 g/mol. The molecule has 6 rings (SSSR count). The molecule has 12 atom stereocenters. The lowest BCUT2D eigenvalue weighted by Gasteiger charge is -2.36. The molecule has 0 unspecified atom stereocenters. The molecule has 158 valence electrons. The summed E-state index contributed by atoms with van der Waals surface area (Å²) in [6.45, 7) is 5.11. The predicted octanol–water partition coefficient (Wildman–Crippen LogP) is 7.96. The number of fused-ring (bicyclic) bond motifs is 6. The third kappa shape index (κ3) is 2.89. The van der Waals surface area contributed by atoms with Gasteiger partial charge in [-0.2, -0.15) is 0 Å². The van der Waals surface area contributed by atoms with Crippen LogP contribution in [0.5, 0.6) is 0 Å². The molecule has 28 heavy (non-hydrogen) atoms. The molecule has 0 heteroatoms. The maximum atomic E-state index is 2.62. The van der Waals surface area contributed by atoms with Crippen LogP contribution in [0.3, 0.4) is 0 Å². The molecular formula is C28H46. The van der Waals surface area contributed by atoms with Crippen molar-refractivity contribution in [2.45, 2.75) is 104 Å². The number of hydrogen-bond donors (Lipinski definition) is 0. The van der Waals surface area contributed by atoms with Crippen molar-refractivity contribution < 1.29 is 0 Å². The van der Waals surface area contributed by atoms with E-state index in [0.29, 0.717) is 0 Å². The van der Waals surface area contributed by atoms with Crippen molar-refractivity contribution in [3.63, 3.8) is 0 Å². The van der Waals surface area contributed by atoms with Gasteiger partial charge in [-0.25, -0.2) is 0 Å². The van der Waals surface area contributed by atoms with E-state index in [1.165, 1.54) is 6.42 Å². The fourth-order valence-corrected chi connectivity index (χ4v) is 11.0. The second-order valence-corrected chi connectivity index (χ2v) is 12.7. The van der Waals surface area contributed by atoms with Crippen LogP contribution < -0.4 is 0 Å². The minimum absolute atomic E-state index is 1.06. The first-order valence-electron chi connectivity index (χ1n) is 13.7. The molecular weight excluding hydrogens is 336 g/mol. The van der Waals surface area contributed by atoms with Crippen LogP contribution in [0.15, 0.2) is 0 Å². The lowest BCUT2D eigenvalue weighted by molar-refractivity contribution is 0.133. The Kier molecular flexibility index (Phi) is 4.89. The van der Waals surface area contributed by atoms with Gasteiger partial charge in [-0.15, -0.1) is 0 Å². The molecule has 6 saturated carbocycles. The molecule has 6 bridgehead atoms. The van der Waals surface area contributed by atoms with Gasteiger partial charge in [0, 0.05) is 0 Å². The van der Waals surface area contributed by atoms with Gasteiger partial charge in [0.1, 0.15) is 0 Å². The van der Waals surface area contributed by atoms with E-state index in [9.17, 15) is 0 Å². The van der Waals surface area contributed by atoms with Crippen LogP contribution in [0.2, 0.25) is 0 Å². The second-order valence-electron chi connectivity index (χ2n) is 12.7. The van der Waals surface area contributed by atoms with E-state index in [0.717, 1.165) is 71.0 Å². The first-order valence-corrected chi connectivity index (χ1v) is 13.7. The van der Waals surface area contributed by atoms with Crippen LogP contribution in [-0.4, -0.2) is 0 Å². The summed E-state index contributed by atoms with van der Waals surface area (Å²) in [5.41, 5.74) is 0. The standard InChI is InChI=1S/C28H46/c1-3-24-19-6-7-21(15-19)26(24)12-13-28-23-9-8-22(16-23)27(28)11-10-25-17(2)18-4-5-20(25)14-18/h17-28H,3-16H2,1-2H3/t17-,18-,19+,20+,21-,22-,23+,24+,25-,26-,27-,28+/m0/s1. The van der Waals surface area contributed by atoms with Crippen LogP contribution in [-0.2, 0) is 0 Å². The summed E-state index contributed by atoms with van der Waals surface area (Å²) in [5.74, 6) is 13.5. The van der Waals surface area contributed by atoms with E-state index in [1.807, 2.05) is 0 Å². The predicted molar refractivity (Wildman–Crippen MR) is 118 cm³/mol. The Hall–Kier alpha value is 0. The highest BCUT2D eigenvalue weighted by molar-refractivity contribution is 5.01.